The summed E-state index contributed by atoms with van der Waals surface area (Å²) in [4.78, 5) is 19.7. The van der Waals surface area contributed by atoms with Crippen molar-refractivity contribution in [2.45, 2.75) is 6.42 Å². The summed E-state index contributed by atoms with van der Waals surface area (Å²) >= 11 is 0. The molecular weight excluding hydrogens is 188 g/mol. The predicted molar refractivity (Wildman–Crippen MR) is 56.5 cm³/mol. The molecule has 0 unspecified atom stereocenters. The fourth-order valence-corrected chi connectivity index (χ4v) is 1.31. The van der Waals surface area contributed by atoms with Crippen molar-refractivity contribution in [3.63, 3.8) is 0 Å². The van der Waals surface area contributed by atoms with E-state index in [-0.39, 0.29) is 5.78 Å². The number of ketones is 1. The number of hydrogen-bond acceptors (Lipinski definition) is 3. The number of aromatic nitrogens is 2. The molecule has 0 saturated carbocycles. The molecule has 0 spiro atoms. The maximum atomic E-state index is 11.7. The first-order chi connectivity index (χ1) is 7.36. The second-order valence-corrected chi connectivity index (χ2v) is 3.18. The van der Waals surface area contributed by atoms with E-state index in [0.29, 0.717) is 12.1 Å². The van der Waals surface area contributed by atoms with Gasteiger partial charge in [0.1, 0.15) is 5.69 Å². The molecule has 0 bridgehead atoms. The Bertz CT molecular complexity index is 440. The molecule has 3 heteroatoms. The summed E-state index contributed by atoms with van der Waals surface area (Å²) in [5, 5.41) is 0. The summed E-state index contributed by atoms with van der Waals surface area (Å²) in [6.07, 6.45) is 5.36. The van der Waals surface area contributed by atoms with E-state index in [9.17, 15) is 4.79 Å². The fourth-order valence-electron chi connectivity index (χ4n) is 1.31. The van der Waals surface area contributed by atoms with Gasteiger partial charge >= 0.3 is 0 Å². The smallest absolute Gasteiger partial charge is 0.185 e. The van der Waals surface area contributed by atoms with Crippen LogP contribution in [0.2, 0.25) is 0 Å². The third-order valence-electron chi connectivity index (χ3n) is 2.04. The van der Waals surface area contributed by atoms with E-state index in [1.54, 1.807) is 30.7 Å². The molecule has 0 saturated heterocycles. The lowest BCUT2D eigenvalue weighted by atomic mass is 10.1. The number of pyridine rings is 2. The van der Waals surface area contributed by atoms with Crippen molar-refractivity contribution in [3.8, 4) is 0 Å². The molecule has 0 aliphatic heterocycles. The number of nitrogens with zero attached hydrogens (tertiary/aromatic N) is 2. The van der Waals surface area contributed by atoms with Crippen molar-refractivity contribution >= 4 is 5.78 Å². The molecule has 15 heavy (non-hydrogen) atoms. The topological polar surface area (TPSA) is 42.9 Å². The highest BCUT2D eigenvalue weighted by Gasteiger charge is 2.07. The van der Waals surface area contributed by atoms with Crippen LogP contribution in [-0.2, 0) is 6.42 Å². The van der Waals surface area contributed by atoms with Crippen molar-refractivity contribution in [1.29, 1.82) is 0 Å². The minimum absolute atomic E-state index is 0.0172. The molecule has 0 aliphatic carbocycles. The van der Waals surface area contributed by atoms with Gasteiger partial charge in [-0.15, -0.1) is 0 Å². The lowest BCUT2D eigenvalue weighted by Gasteiger charge is -1.99. The molecule has 0 aliphatic rings. The van der Waals surface area contributed by atoms with Crippen LogP contribution in [0.3, 0.4) is 0 Å². The van der Waals surface area contributed by atoms with Crippen molar-refractivity contribution in [2.24, 2.45) is 0 Å². The van der Waals surface area contributed by atoms with E-state index in [1.807, 2.05) is 18.2 Å². The van der Waals surface area contributed by atoms with Gasteiger partial charge < -0.3 is 0 Å². The molecule has 3 nitrogen and oxygen atoms in total. The minimum atomic E-state index is 0.0172. The van der Waals surface area contributed by atoms with E-state index >= 15 is 0 Å². The molecular formula is C12H10N2O. The van der Waals surface area contributed by atoms with Crippen LogP contribution in [0.1, 0.15) is 16.1 Å². The Morgan fingerprint density at radius 2 is 2.07 bits per heavy atom. The van der Waals surface area contributed by atoms with E-state index in [2.05, 4.69) is 9.97 Å². The molecule has 0 aromatic carbocycles. The van der Waals surface area contributed by atoms with Crippen molar-refractivity contribution in [3.05, 3.63) is 60.2 Å². The van der Waals surface area contributed by atoms with Gasteiger partial charge in [-0.25, -0.2) is 0 Å². The van der Waals surface area contributed by atoms with Gasteiger partial charge in [-0.1, -0.05) is 12.1 Å². The summed E-state index contributed by atoms with van der Waals surface area (Å²) < 4.78 is 0. The van der Waals surface area contributed by atoms with Gasteiger partial charge in [0.05, 0.1) is 0 Å². The van der Waals surface area contributed by atoms with Crippen molar-refractivity contribution in [1.82, 2.24) is 9.97 Å². The maximum Gasteiger partial charge on any atom is 0.185 e. The van der Waals surface area contributed by atoms with Crippen LogP contribution in [0.5, 0.6) is 0 Å². The Kier molecular flexibility index (Phi) is 2.83. The Morgan fingerprint density at radius 3 is 2.73 bits per heavy atom. The van der Waals surface area contributed by atoms with Gasteiger partial charge in [0, 0.05) is 25.0 Å². The molecule has 2 aromatic rings. The zero-order chi connectivity index (χ0) is 10.5. The van der Waals surface area contributed by atoms with Gasteiger partial charge in [0.15, 0.2) is 5.78 Å². The van der Waals surface area contributed by atoms with Crippen LogP contribution < -0.4 is 0 Å². The third-order valence-corrected chi connectivity index (χ3v) is 2.04. The normalized spacial score (nSPS) is 9.87. The van der Waals surface area contributed by atoms with E-state index < -0.39 is 0 Å². The van der Waals surface area contributed by atoms with Gasteiger partial charge in [-0.05, 0) is 23.8 Å². The number of carbonyl (C=O) groups is 1. The van der Waals surface area contributed by atoms with E-state index in [1.165, 1.54) is 0 Å². The highest BCUT2D eigenvalue weighted by Crippen LogP contribution is 2.03. The second-order valence-electron chi connectivity index (χ2n) is 3.18. The zero-order valence-electron chi connectivity index (χ0n) is 8.13. The summed E-state index contributed by atoms with van der Waals surface area (Å²) in [6.45, 7) is 0. The van der Waals surface area contributed by atoms with Gasteiger partial charge in [0.2, 0.25) is 0 Å². The third kappa shape index (κ3) is 2.47. The quantitative estimate of drug-likeness (QED) is 0.707. The predicted octanol–water partition coefficient (Wildman–Crippen LogP) is 1.90. The summed E-state index contributed by atoms with van der Waals surface area (Å²) in [5.41, 5.74) is 1.41. The van der Waals surface area contributed by atoms with Crippen LogP contribution in [-0.4, -0.2) is 15.8 Å². The standard InChI is InChI=1S/C12H10N2O/c15-12(11-5-1-2-7-14-11)8-10-4-3-6-13-9-10/h1-7,9H,8H2. The van der Waals surface area contributed by atoms with Gasteiger partial charge in [-0.3, -0.25) is 14.8 Å². The van der Waals surface area contributed by atoms with E-state index in [0.717, 1.165) is 5.56 Å². The average molecular weight is 198 g/mol. The average Bonchev–Trinajstić information content (AvgIpc) is 2.31. The van der Waals surface area contributed by atoms with E-state index in [4.69, 9.17) is 0 Å². The molecule has 74 valence electrons. The summed E-state index contributed by atoms with van der Waals surface area (Å²) in [6, 6.07) is 9.03. The molecule has 0 amide bonds. The molecule has 0 fully saturated rings. The van der Waals surface area contributed by atoms with Crippen LogP contribution in [0.4, 0.5) is 0 Å². The number of carbonyl (C=O) groups excluding carboxylic acids is 1. The van der Waals surface area contributed by atoms with Gasteiger partial charge in [0.25, 0.3) is 0 Å². The van der Waals surface area contributed by atoms with Crippen LogP contribution in [0.15, 0.2) is 48.9 Å². The second kappa shape index (κ2) is 4.46. The van der Waals surface area contributed by atoms with Crippen LogP contribution in [0.25, 0.3) is 0 Å². The highest BCUT2D eigenvalue weighted by molar-refractivity contribution is 5.95. The first-order valence-corrected chi connectivity index (χ1v) is 4.69. The molecule has 2 aromatic heterocycles. The molecule has 0 N–H and O–H groups in total. The monoisotopic (exact) mass is 198 g/mol. The maximum absolute atomic E-state index is 11.7. The molecule has 0 atom stereocenters. The first-order valence-electron chi connectivity index (χ1n) is 4.69. The van der Waals surface area contributed by atoms with Crippen LogP contribution >= 0.6 is 0 Å². The Hall–Kier alpha value is -2.03. The fraction of sp³-hybridized carbons (Fsp3) is 0.0833. The van der Waals surface area contributed by atoms with Crippen LogP contribution in [0, 0.1) is 0 Å². The number of hydrogen-bond donors (Lipinski definition) is 0. The lowest BCUT2D eigenvalue weighted by Crippen LogP contribution is -2.05. The lowest BCUT2D eigenvalue weighted by molar-refractivity contribution is 0.0988. The number of Topliss-reactive ketones (excluding diaryl/α,β-unsaturated/α-hetero) is 1. The zero-order valence-corrected chi connectivity index (χ0v) is 8.13. The summed E-state index contributed by atoms with van der Waals surface area (Å²) in [7, 11) is 0. The molecule has 2 rings (SSSR count). The minimum Gasteiger partial charge on any atom is -0.292 e. The first kappa shape index (κ1) is 9.52. The Balaban J connectivity index is 2.12. The molecule has 0 radical (unpaired) electrons. The van der Waals surface area contributed by atoms with Gasteiger partial charge in [-0.2, -0.15) is 0 Å². The van der Waals surface area contributed by atoms with Crippen molar-refractivity contribution < 1.29 is 4.79 Å². The summed E-state index contributed by atoms with van der Waals surface area (Å²) in [5.74, 6) is 0.0172. The largest absolute Gasteiger partial charge is 0.292 e. The van der Waals surface area contributed by atoms with Crippen molar-refractivity contribution in [2.75, 3.05) is 0 Å². The number of rotatable bonds is 3. The highest BCUT2D eigenvalue weighted by atomic mass is 16.1. The SMILES string of the molecule is O=C(Cc1cccnc1)c1ccccn1. The Labute approximate surface area is 87.8 Å². The Morgan fingerprint density at radius 1 is 1.13 bits per heavy atom. The molecule has 2 heterocycles.